The van der Waals surface area contributed by atoms with Gasteiger partial charge in [-0.3, -0.25) is 4.79 Å². The van der Waals surface area contributed by atoms with Gasteiger partial charge in [0.2, 0.25) is 5.91 Å². The standard InChI is InChI=1S/C24H41NO3/c1-5-6-9-13-24(2,28)14-12-20-21-16-18(15-19(21)17-22(20)26)10-7-8-11-23(27)25(3)4/h12,14-15,19-22,26,28H,5-11,13,16-17H2,1-4H3/t19-,20+,21-,22+,24+/m0/s1. The summed E-state index contributed by atoms with van der Waals surface area (Å²) < 4.78 is 0. The van der Waals surface area contributed by atoms with Crippen LogP contribution in [0.15, 0.2) is 23.8 Å². The molecule has 1 saturated carbocycles. The lowest BCUT2D eigenvalue weighted by Gasteiger charge is -2.22. The van der Waals surface area contributed by atoms with E-state index in [4.69, 9.17) is 0 Å². The SMILES string of the molecule is CCCCC[C@@](C)(O)C=C[C@@H]1[C@H]2CC(CCCCC(=O)N(C)C)=C[C@H]2C[C@H]1O. The molecule has 2 N–H and O–H groups in total. The van der Waals surface area contributed by atoms with E-state index < -0.39 is 5.60 Å². The first kappa shape index (κ1) is 23.2. The molecule has 0 aliphatic heterocycles. The maximum atomic E-state index is 11.7. The number of hydrogen-bond donors (Lipinski definition) is 2. The molecule has 5 atom stereocenters. The van der Waals surface area contributed by atoms with Crippen molar-refractivity contribution in [2.45, 2.75) is 89.8 Å². The largest absolute Gasteiger partial charge is 0.392 e. The molecule has 160 valence electrons. The van der Waals surface area contributed by atoms with Gasteiger partial charge in [-0.25, -0.2) is 0 Å². The maximum absolute atomic E-state index is 11.7. The number of aliphatic hydroxyl groups excluding tert-OH is 1. The molecule has 0 heterocycles. The second kappa shape index (κ2) is 10.6. The highest BCUT2D eigenvalue weighted by molar-refractivity contribution is 5.75. The molecule has 4 nitrogen and oxygen atoms in total. The summed E-state index contributed by atoms with van der Waals surface area (Å²) in [5, 5.41) is 21.1. The van der Waals surface area contributed by atoms with E-state index in [-0.39, 0.29) is 17.9 Å². The van der Waals surface area contributed by atoms with Crippen molar-refractivity contribution < 1.29 is 15.0 Å². The van der Waals surface area contributed by atoms with Gasteiger partial charge in [-0.2, -0.15) is 0 Å². The predicted molar refractivity (Wildman–Crippen MR) is 115 cm³/mol. The van der Waals surface area contributed by atoms with Crippen molar-refractivity contribution in [1.29, 1.82) is 0 Å². The number of unbranched alkanes of at least 4 members (excludes halogenated alkanes) is 3. The number of fused-ring (bicyclic) bond motifs is 1. The average Bonchev–Trinajstić information content (AvgIpc) is 3.13. The molecule has 1 fully saturated rings. The Labute approximate surface area is 171 Å². The second-order valence-electron chi connectivity index (χ2n) is 9.41. The van der Waals surface area contributed by atoms with E-state index in [1.54, 1.807) is 4.90 Å². The highest BCUT2D eigenvalue weighted by Crippen LogP contribution is 2.48. The van der Waals surface area contributed by atoms with Crippen molar-refractivity contribution in [3.63, 3.8) is 0 Å². The average molecular weight is 392 g/mol. The van der Waals surface area contributed by atoms with Gasteiger partial charge < -0.3 is 15.1 Å². The Morgan fingerprint density at radius 3 is 2.71 bits per heavy atom. The molecule has 4 heteroatoms. The Morgan fingerprint density at radius 1 is 1.29 bits per heavy atom. The molecular weight excluding hydrogens is 350 g/mol. The van der Waals surface area contributed by atoms with Crippen LogP contribution in [0, 0.1) is 17.8 Å². The van der Waals surface area contributed by atoms with Gasteiger partial charge in [-0.05, 0) is 57.3 Å². The third-order valence-corrected chi connectivity index (χ3v) is 6.55. The van der Waals surface area contributed by atoms with E-state index in [2.05, 4.69) is 19.1 Å². The summed E-state index contributed by atoms with van der Waals surface area (Å²) in [6.07, 6.45) is 15.8. The third kappa shape index (κ3) is 6.73. The first-order valence-electron chi connectivity index (χ1n) is 11.2. The lowest BCUT2D eigenvalue weighted by atomic mass is 9.87. The van der Waals surface area contributed by atoms with Gasteiger partial charge in [0.25, 0.3) is 0 Å². The smallest absolute Gasteiger partial charge is 0.222 e. The van der Waals surface area contributed by atoms with Crippen LogP contribution in [-0.2, 0) is 4.79 Å². The zero-order chi connectivity index (χ0) is 20.7. The Balaban J connectivity index is 1.81. The molecule has 0 unspecified atom stereocenters. The fraction of sp³-hybridized carbons (Fsp3) is 0.792. The van der Waals surface area contributed by atoms with Crippen LogP contribution in [0.4, 0.5) is 0 Å². The van der Waals surface area contributed by atoms with E-state index in [1.807, 2.05) is 27.1 Å². The molecular formula is C24H41NO3. The molecule has 1 amide bonds. The van der Waals surface area contributed by atoms with Crippen molar-refractivity contribution in [2.24, 2.45) is 17.8 Å². The normalized spacial score (nSPS) is 29.0. The van der Waals surface area contributed by atoms with Gasteiger partial charge in [0.05, 0.1) is 11.7 Å². The molecule has 2 rings (SSSR count). The first-order chi connectivity index (χ1) is 13.2. The van der Waals surface area contributed by atoms with E-state index in [0.29, 0.717) is 18.3 Å². The summed E-state index contributed by atoms with van der Waals surface area (Å²) in [4.78, 5) is 13.3. The van der Waals surface area contributed by atoms with Crippen LogP contribution >= 0.6 is 0 Å². The summed E-state index contributed by atoms with van der Waals surface area (Å²) in [5.41, 5.74) is 0.716. The van der Waals surface area contributed by atoms with Crippen molar-refractivity contribution in [3.8, 4) is 0 Å². The van der Waals surface area contributed by atoms with Gasteiger partial charge in [0.15, 0.2) is 0 Å². The highest BCUT2D eigenvalue weighted by Gasteiger charge is 2.43. The monoisotopic (exact) mass is 391 g/mol. The molecule has 28 heavy (non-hydrogen) atoms. The van der Waals surface area contributed by atoms with Crippen molar-refractivity contribution in [2.75, 3.05) is 14.1 Å². The Hall–Kier alpha value is -1.13. The molecule has 0 aromatic heterocycles. The summed E-state index contributed by atoms with van der Waals surface area (Å²) in [7, 11) is 3.62. The number of carbonyl (C=O) groups excluding carboxylic acids is 1. The zero-order valence-electron chi connectivity index (χ0n) is 18.4. The minimum absolute atomic E-state index is 0.145. The summed E-state index contributed by atoms with van der Waals surface area (Å²) >= 11 is 0. The minimum Gasteiger partial charge on any atom is -0.392 e. The van der Waals surface area contributed by atoms with Crippen LogP contribution in [0.5, 0.6) is 0 Å². The van der Waals surface area contributed by atoms with Crippen molar-refractivity contribution >= 4 is 5.91 Å². The molecule has 2 aliphatic carbocycles. The third-order valence-electron chi connectivity index (χ3n) is 6.55. The molecule has 0 bridgehead atoms. The first-order valence-corrected chi connectivity index (χ1v) is 11.2. The molecule has 0 spiro atoms. The number of rotatable bonds is 11. The molecule has 0 saturated heterocycles. The number of amides is 1. The fourth-order valence-electron chi connectivity index (χ4n) is 4.78. The fourth-order valence-corrected chi connectivity index (χ4v) is 4.78. The minimum atomic E-state index is -0.777. The van der Waals surface area contributed by atoms with Crippen molar-refractivity contribution in [3.05, 3.63) is 23.8 Å². The topological polar surface area (TPSA) is 60.8 Å². The number of aliphatic hydroxyl groups is 2. The maximum Gasteiger partial charge on any atom is 0.222 e. The van der Waals surface area contributed by atoms with Crippen molar-refractivity contribution in [1.82, 2.24) is 4.90 Å². The molecule has 0 aromatic carbocycles. The quantitative estimate of drug-likeness (QED) is 0.404. The van der Waals surface area contributed by atoms with Crippen LogP contribution in [0.3, 0.4) is 0 Å². The van der Waals surface area contributed by atoms with Crippen LogP contribution in [0.2, 0.25) is 0 Å². The Morgan fingerprint density at radius 2 is 2.04 bits per heavy atom. The lowest BCUT2D eigenvalue weighted by molar-refractivity contribution is -0.128. The summed E-state index contributed by atoms with van der Waals surface area (Å²) in [6.45, 7) is 4.05. The Bertz CT molecular complexity index is 564. The zero-order valence-corrected chi connectivity index (χ0v) is 18.4. The van der Waals surface area contributed by atoms with Gasteiger partial charge >= 0.3 is 0 Å². The second-order valence-corrected chi connectivity index (χ2v) is 9.41. The van der Waals surface area contributed by atoms with Crippen LogP contribution in [0.1, 0.15) is 78.1 Å². The highest BCUT2D eigenvalue weighted by atomic mass is 16.3. The van der Waals surface area contributed by atoms with Crippen LogP contribution in [-0.4, -0.2) is 46.8 Å². The lowest BCUT2D eigenvalue weighted by Crippen LogP contribution is -2.23. The van der Waals surface area contributed by atoms with E-state index in [9.17, 15) is 15.0 Å². The van der Waals surface area contributed by atoms with Gasteiger partial charge in [0.1, 0.15) is 0 Å². The van der Waals surface area contributed by atoms with Gasteiger partial charge in [-0.15, -0.1) is 0 Å². The van der Waals surface area contributed by atoms with E-state index in [0.717, 1.165) is 57.8 Å². The van der Waals surface area contributed by atoms with E-state index >= 15 is 0 Å². The number of carbonyl (C=O) groups is 1. The van der Waals surface area contributed by atoms with Crippen LogP contribution < -0.4 is 0 Å². The number of nitrogens with zero attached hydrogens (tertiary/aromatic N) is 1. The van der Waals surface area contributed by atoms with E-state index in [1.165, 1.54) is 5.57 Å². The summed E-state index contributed by atoms with van der Waals surface area (Å²) in [5.74, 6) is 1.28. The number of allylic oxidation sites excluding steroid dienone is 2. The van der Waals surface area contributed by atoms with Crippen LogP contribution in [0.25, 0.3) is 0 Å². The predicted octanol–water partition coefficient (Wildman–Crippen LogP) is 4.47. The molecule has 2 aliphatic rings. The molecule has 0 radical (unpaired) electrons. The van der Waals surface area contributed by atoms with Gasteiger partial charge in [0, 0.05) is 26.4 Å². The summed E-state index contributed by atoms with van der Waals surface area (Å²) in [6, 6.07) is 0. The van der Waals surface area contributed by atoms with Gasteiger partial charge in [-0.1, -0.05) is 50.0 Å². The Kier molecular flexibility index (Phi) is 8.76. The number of hydrogen-bond acceptors (Lipinski definition) is 3. The molecule has 0 aromatic rings.